The highest BCUT2D eigenvalue weighted by atomic mass is 35.5. The van der Waals surface area contributed by atoms with Gasteiger partial charge in [0.2, 0.25) is 0 Å². The molecule has 0 unspecified atom stereocenters. The number of aromatic nitrogens is 3. The van der Waals surface area contributed by atoms with Gasteiger partial charge in [-0.15, -0.1) is 11.3 Å². The molecule has 0 aliphatic carbocycles. The minimum Gasteiger partial charge on any atom is -0.268 e. The summed E-state index contributed by atoms with van der Waals surface area (Å²) in [4.78, 5) is 22.9. The van der Waals surface area contributed by atoms with Gasteiger partial charge in [-0.05, 0) is 48.9 Å². The monoisotopic (exact) mass is 449 g/mol. The maximum Gasteiger partial charge on any atom is 0.266 e. The van der Waals surface area contributed by atoms with Crippen molar-refractivity contribution in [1.82, 2.24) is 14.5 Å². The van der Waals surface area contributed by atoms with Crippen molar-refractivity contribution in [2.24, 2.45) is 0 Å². The largest absolute Gasteiger partial charge is 0.268 e. The zero-order valence-corrected chi connectivity index (χ0v) is 18.4. The van der Waals surface area contributed by atoms with Crippen molar-refractivity contribution >= 4 is 55.8 Å². The average Bonchev–Trinajstić information content (AvgIpc) is 3.18. The van der Waals surface area contributed by atoms with Crippen LogP contribution in [0.4, 0.5) is 0 Å². The summed E-state index contributed by atoms with van der Waals surface area (Å²) >= 11 is 9.53. The van der Waals surface area contributed by atoms with Gasteiger partial charge in [-0.1, -0.05) is 53.7 Å². The second kappa shape index (κ2) is 7.87. The van der Waals surface area contributed by atoms with Crippen LogP contribution < -0.4 is 5.56 Å². The first-order valence-corrected chi connectivity index (χ1v) is 11.5. The van der Waals surface area contributed by atoms with Crippen molar-refractivity contribution in [2.75, 3.05) is 0 Å². The summed E-state index contributed by atoms with van der Waals surface area (Å²) in [5.74, 6) is 0.629. The minimum atomic E-state index is -0.0993. The number of nitrogens with zero attached hydrogens (tertiary/aromatic N) is 3. The van der Waals surface area contributed by atoms with E-state index in [4.69, 9.17) is 21.6 Å². The summed E-state index contributed by atoms with van der Waals surface area (Å²) in [5, 5.41) is 2.83. The molecule has 3 aromatic carbocycles. The first-order chi connectivity index (χ1) is 14.6. The van der Waals surface area contributed by atoms with Crippen LogP contribution in [-0.4, -0.2) is 14.5 Å². The predicted octanol–water partition coefficient (Wildman–Crippen LogP) is 6.25. The third-order valence-corrected chi connectivity index (χ3v) is 7.47. The Hall–Kier alpha value is -2.67. The summed E-state index contributed by atoms with van der Waals surface area (Å²) in [7, 11) is 0. The van der Waals surface area contributed by atoms with E-state index in [1.165, 1.54) is 11.8 Å². The lowest BCUT2D eigenvalue weighted by atomic mass is 10.2. The minimum absolute atomic E-state index is 0.0993. The predicted molar refractivity (Wildman–Crippen MR) is 126 cm³/mol. The van der Waals surface area contributed by atoms with Crippen LogP contribution in [0.2, 0.25) is 5.02 Å². The van der Waals surface area contributed by atoms with E-state index >= 15 is 0 Å². The number of para-hydroxylation sites is 2. The van der Waals surface area contributed by atoms with E-state index in [2.05, 4.69) is 6.07 Å². The molecule has 5 rings (SSSR count). The van der Waals surface area contributed by atoms with Crippen molar-refractivity contribution in [3.05, 3.63) is 92.7 Å². The highest BCUT2D eigenvalue weighted by molar-refractivity contribution is 7.98. The molecule has 4 nitrogen and oxygen atoms in total. The van der Waals surface area contributed by atoms with Crippen molar-refractivity contribution < 1.29 is 0 Å². The molecule has 7 heteroatoms. The zero-order valence-electron chi connectivity index (χ0n) is 16.0. The van der Waals surface area contributed by atoms with Gasteiger partial charge in [0.05, 0.1) is 32.6 Å². The van der Waals surface area contributed by atoms with Gasteiger partial charge in [-0.25, -0.2) is 9.97 Å². The van der Waals surface area contributed by atoms with E-state index in [0.717, 1.165) is 26.5 Å². The van der Waals surface area contributed by atoms with E-state index in [1.54, 1.807) is 15.9 Å². The quantitative estimate of drug-likeness (QED) is 0.240. The highest BCUT2D eigenvalue weighted by Crippen LogP contribution is 2.30. The van der Waals surface area contributed by atoms with Crippen LogP contribution in [0.15, 0.2) is 76.7 Å². The smallest absolute Gasteiger partial charge is 0.266 e. The topological polar surface area (TPSA) is 47.8 Å². The summed E-state index contributed by atoms with van der Waals surface area (Å²) in [5.41, 5.74) is 3.17. The van der Waals surface area contributed by atoms with Gasteiger partial charge >= 0.3 is 0 Å². The normalized spacial score (nSPS) is 11.4. The summed E-state index contributed by atoms with van der Waals surface area (Å²) in [6.07, 6.45) is 0. The molecule has 0 amide bonds. The zero-order chi connectivity index (χ0) is 20.7. The molecule has 30 heavy (non-hydrogen) atoms. The Balaban J connectivity index is 1.64. The Morgan fingerprint density at radius 2 is 1.73 bits per heavy atom. The number of halogens is 1. The first-order valence-electron chi connectivity index (χ1n) is 9.36. The number of thioether (sulfide) groups is 1. The molecule has 148 valence electrons. The number of hydrogen-bond donors (Lipinski definition) is 0. The Bertz CT molecular complexity index is 1430. The van der Waals surface area contributed by atoms with Crippen molar-refractivity contribution in [3.8, 4) is 5.69 Å². The van der Waals surface area contributed by atoms with Gasteiger partial charge in [0.25, 0.3) is 5.56 Å². The highest BCUT2D eigenvalue weighted by Gasteiger charge is 2.16. The maximum atomic E-state index is 13.4. The standard InChI is InChI=1S/C23H16ClN3OS2/c1-14-16(24)8-6-11-19(14)27-22(28)15-7-2-3-9-17(15)26-23(27)29-13-21-25-18-10-4-5-12-20(18)30-21/h2-12H,13H2,1H3. The van der Waals surface area contributed by atoms with Crippen LogP contribution in [0.5, 0.6) is 0 Å². The van der Waals surface area contributed by atoms with E-state index in [0.29, 0.717) is 26.8 Å². The van der Waals surface area contributed by atoms with Crippen LogP contribution >= 0.6 is 34.7 Å². The van der Waals surface area contributed by atoms with Crippen LogP contribution in [0.1, 0.15) is 10.6 Å². The van der Waals surface area contributed by atoms with Crippen molar-refractivity contribution in [1.29, 1.82) is 0 Å². The molecule has 0 atom stereocenters. The summed E-state index contributed by atoms with van der Waals surface area (Å²) < 4.78 is 2.82. The third kappa shape index (κ3) is 3.41. The summed E-state index contributed by atoms with van der Waals surface area (Å²) in [6.45, 7) is 1.92. The first kappa shape index (κ1) is 19.3. The second-order valence-corrected chi connectivity index (χ2v) is 9.26. The molecular weight excluding hydrogens is 434 g/mol. The molecule has 0 spiro atoms. The van der Waals surface area contributed by atoms with E-state index < -0.39 is 0 Å². The van der Waals surface area contributed by atoms with Crippen LogP contribution in [-0.2, 0) is 5.75 Å². The lowest BCUT2D eigenvalue weighted by Crippen LogP contribution is -2.22. The fourth-order valence-corrected chi connectivity index (χ4v) is 5.50. The number of hydrogen-bond acceptors (Lipinski definition) is 5. The Kier molecular flexibility index (Phi) is 5.06. The molecule has 2 aromatic heterocycles. The third-order valence-electron chi connectivity index (χ3n) is 4.89. The Morgan fingerprint density at radius 3 is 2.57 bits per heavy atom. The van der Waals surface area contributed by atoms with Gasteiger partial charge in [-0.2, -0.15) is 0 Å². The molecule has 0 aliphatic rings. The second-order valence-electron chi connectivity index (χ2n) is 6.80. The molecule has 0 aliphatic heterocycles. The SMILES string of the molecule is Cc1c(Cl)cccc1-n1c(SCc2nc3ccccc3s2)nc2ccccc2c1=O. The van der Waals surface area contributed by atoms with E-state index in [9.17, 15) is 4.79 Å². The number of thiazole rings is 1. The maximum absolute atomic E-state index is 13.4. The van der Waals surface area contributed by atoms with Gasteiger partial charge in [0.1, 0.15) is 5.01 Å². The molecule has 5 aromatic rings. The molecule has 0 fully saturated rings. The summed E-state index contributed by atoms with van der Waals surface area (Å²) in [6, 6.07) is 21.1. The molecule has 0 saturated carbocycles. The molecule has 2 heterocycles. The molecule has 0 N–H and O–H groups in total. The average molecular weight is 450 g/mol. The molecule has 0 saturated heterocycles. The lowest BCUT2D eigenvalue weighted by Gasteiger charge is -2.15. The number of fused-ring (bicyclic) bond motifs is 2. The van der Waals surface area contributed by atoms with Crippen LogP contribution in [0.25, 0.3) is 26.8 Å². The van der Waals surface area contributed by atoms with Crippen LogP contribution in [0.3, 0.4) is 0 Å². The van der Waals surface area contributed by atoms with Gasteiger partial charge in [-0.3, -0.25) is 9.36 Å². The lowest BCUT2D eigenvalue weighted by molar-refractivity contribution is 0.814. The van der Waals surface area contributed by atoms with E-state index in [1.807, 2.05) is 67.6 Å². The van der Waals surface area contributed by atoms with Gasteiger partial charge in [0.15, 0.2) is 5.16 Å². The van der Waals surface area contributed by atoms with E-state index in [-0.39, 0.29) is 5.56 Å². The molecular formula is C23H16ClN3OS2. The van der Waals surface area contributed by atoms with Gasteiger partial charge in [0, 0.05) is 5.02 Å². The van der Waals surface area contributed by atoms with Crippen molar-refractivity contribution in [2.45, 2.75) is 17.8 Å². The van der Waals surface area contributed by atoms with Gasteiger partial charge < -0.3 is 0 Å². The fraction of sp³-hybridized carbons (Fsp3) is 0.0870. The van der Waals surface area contributed by atoms with Crippen molar-refractivity contribution in [3.63, 3.8) is 0 Å². The fourth-order valence-electron chi connectivity index (χ4n) is 3.37. The Morgan fingerprint density at radius 1 is 0.967 bits per heavy atom. The molecule has 0 radical (unpaired) electrons. The Labute approximate surface area is 186 Å². The number of rotatable bonds is 4. The van der Waals surface area contributed by atoms with Crippen LogP contribution in [0, 0.1) is 6.92 Å². The number of benzene rings is 3. The molecule has 0 bridgehead atoms.